The van der Waals surface area contributed by atoms with Crippen LogP contribution in [0, 0.1) is 0 Å². The molecular formula is C38H38N2O18. The zero-order valence-corrected chi connectivity index (χ0v) is 31.6. The second-order valence-electron chi connectivity index (χ2n) is 13.5. The van der Waals surface area contributed by atoms with Crippen LogP contribution in [0.3, 0.4) is 0 Å². The second kappa shape index (κ2) is 16.8. The maximum absolute atomic E-state index is 13.9. The Balaban J connectivity index is 1.41. The highest BCUT2D eigenvalue weighted by Crippen LogP contribution is 2.38. The van der Waals surface area contributed by atoms with Crippen LogP contribution in [-0.2, 0) is 61.9 Å². The minimum Gasteiger partial charge on any atom is -0.456 e. The van der Waals surface area contributed by atoms with E-state index in [1.54, 1.807) is 0 Å². The number of benzene rings is 2. The number of hydrogen-bond donors (Lipinski definition) is 1. The monoisotopic (exact) mass is 810 g/mol. The fraction of sp³-hybridized carbons (Fsp3) is 0.447. The summed E-state index contributed by atoms with van der Waals surface area (Å²) in [6, 6.07) is 8.08. The molecule has 4 aliphatic rings. The van der Waals surface area contributed by atoms with E-state index < -0.39 is 128 Å². The van der Waals surface area contributed by atoms with Gasteiger partial charge in [0.25, 0.3) is 23.6 Å². The Hall–Kier alpha value is -6.09. The van der Waals surface area contributed by atoms with Gasteiger partial charge in [-0.1, -0.05) is 24.3 Å². The number of imide groups is 2. The number of rotatable bonds is 11. The molecule has 20 heteroatoms. The number of aliphatic hydroxyl groups is 1. The molecular weight excluding hydrogens is 772 g/mol. The van der Waals surface area contributed by atoms with Crippen LogP contribution in [0.2, 0.25) is 0 Å². The molecule has 20 nitrogen and oxygen atoms in total. The molecule has 2 aromatic rings. The highest BCUT2D eigenvalue weighted by atomic mass is 16.7. The number of hydrogen-bond acceptors (Lipinski definition) is 18. The highest BCUT2D eigenvalue weighted by Gasteiger charge is 2.60. The van der Waals surface area contributed by atoms with Crippen LogP contribution < -0.4 is 0 Å². The summed E-state index contributed by atoms with van der Waals surface area (Å²) in [6.45, 7) is 3.38. The van der Waals surface area contributed by atoms with Crippen LogP contribution in [0.5, 0.6) is 0 Å². The maximum Gasteiger partial charge on any atom is 0.305 e. The largest absolute Gasteiger partial charge is 0.456 e. The van der Waals surface area contributed by atoms with Crippen LogP contribution in [0.25, 0.3) is 0 Å². The summed E-state index contributed by atoms with van der Waals surface area (Å²) in [5.41, 5.74) is -0.100. The van der Waals surface area contributed by atoms with Crippen molar-refractivity contribution in [3.05, 3.63) is 70.8 Å². The van der Waals surface area contributed by atoms with E-state index in [0.717, 1.165) is 34.6 Å². The molecule has 0 spiro atoms. The molecule has 0 radical (unpaired) electrons. The first-order valence-corrected chi connectivity index (χ1v) is 17.9. The SMILES string of the molecule is CC(=O)O[C@@H]1O[C@H](CO[C@@H]2O[C@H](CO)[C@@H](OC(C)=O)[C@H](OC(C)=O)[C@H]2N2C(=O)c3ccccc3C2=O)[C@@H](OC(C)=O)[C@H](OC(C)=O)[C@H]1N1C(=O)c2ccccc2C1=O. The van der Waals surface area contributed by atoms with E-state index in [0.29, 0.717) is 9.80 Å². The molecule has 2 saturated heterocycles. The van der Waals surface area contributed by atoms with Crippen molar-refractivity contribution in [2.45, 2.75) is 95.9 Å². The summed E-state index contributed by atoms with van der Waals surface area (Å²) < 4.78 is 45.9. The summed E-state index contributed by atoms with van der Waals surface area (Å²) in [4.78, 5) is 119. The third kappa shape index (κ3) is 7.90. The highest BCUT2D eigenvalue weighted by molar-refractivity contribution is 6.22. The van der Waals surface area contributed by atoms with Crippen molar-refractivity contribution < 1.29 is 86.2 Å². The van der Waals surface area contributed by atoms with Gasteiger partial charge in [0.2, 0.25) is 6.29 Å². The number of aliphatic hydroxyl groups excluding tert-OH is 1. The number of amides is 4. The smallest absolute Gasteiger partial charge is 0.305 e. The van der Waals surface area contributed by atoms with E-state index in [1.807, 2.05) is 0 Å². The van der Waals surface area contributed by atoms with Crippen molar-refractivity contribution in [1.82, 2.24) is 9.80 Å². The van der Waals surface area contributed by atoms with Gasteiger partial charge >= 0.3 is 29.8 Å². The van der Waals surface area contributed by atoms with Gasteiger partial charge < -0.3 is 43.0 Å². The first kappa shape index (κ1) is 41.5. The zero-order valence-electron chi connectivity index (χ0n) is 31.6. The minimum absolute atomic E-state index is 0.0216. The van der Waals surface area contributed by atoms with Crippen molar-refractivity contribution in [2.75, 3.05) is 13.2 Å². The van der Waals surface area contributed by atoms with E-state index in [4.69, 9.17) is 37.9 Å². The number of esters is 5. The standard InChI is InChI=1S/C38H38N2O18/c1-16(42)52-29-25(14-41)57-37(27(31(29)54-18(3)44)39-33(47)21-10-6-7-11-22(21)34(39)48)51-15-26-30(53-17(2)43)32(55-19(4)45)28(38(58-26)56-20(5)46)40-35(49)23-12-8-9-13-24(23)36(40)50/h6-13,25-32,37-38,41H,14-15H2,1-5H3/t25-,26-,27-,28-,29-,30-,31-,32-,37-,38-/m1/s1. The molecule has 0 aromatic heterocycles. The van der Waals surface area contributed by atoms with Crippen molar-refractivity contribution in [2.24, 2.45) is 0 Å². The third-order valence-electron chi connectivity index (χ3n) is 9.57. The predicted molar refractivity (Wildman–Crippen MR) is 186 cm³/mol. The van der Waals surface area contributed by atoms with Gasteiger partial charge in [-0.25, -0.2) is 0 Å². The first-order valence-electron chi connectivity index (χ1n) is 17.9. The fourth-order valence-electron chi connectivity index (χ4n) is 7.47. The average molecular weight is 811 g/mol. The van der Waals surface area contributed by atoms with Gasteiger partial charge in [-0.05, 0) is 24.3 Å². The Kier molecular flexibility index (Phi) is 12.0. The minimum atomic E-state index is -1.89. The second-order valence-corrected chi connectivity index (χ2v) is 13.5. The summed E-state index contributed by atoms with van der Waals surface area (Å²) in [7, 11) is 0. The molecule has 0 saturated carbocycles. The summed E-state index contributed by atoms with van der Waals surface area (Å²) >= 11 is 0. The van der Waals surface area contributed by atoms with Crippen molar-refractivity contribution in [1.29, 1.82) is 0 Å². The van der Waals surface area contributed by atoms with Gasteiger partial charge in [0.1, 0.15) is 24.3 Å². The maximum atomic E-state index is 13.9. The van der Waals surface area contributed by atoms with Crippen LogP contribution in [-0.4, -0.2) is 143 Å². The van der Waals surface area contributed by atoms with Crippen molar-refractivity contribution in [3.63, 3.8) is 0 Å². The lowest BCUT2D eigenvalue weighted by atomic mass is 9.94. The molecule has 4 aliphatic heterocycles. The number of carbonyl (C=O) groups is 9. The van der Waals surface area contributed by atoms with Gasteiger partial charge in [-0.3, -0.25) is 53.0 Å². The Bertz CT molecular complexity index is 1980. The molecule has 2 fully saturated rings. The van der Waals surface area contributed by atoms with Crippen molar-refractivity contribution in [3.8, 4) is 0 Å². The lowest BCUT2D eigenvalue weighted by molar-refractivity contribution is -0.311. The molecule has 2 aromatic carbocycles. The molecule has 10 atom stereocenters. The van der Waals surface area contributed by atoms with Gasteiger partial charge in [0.05, 0.1) is 35.5 Å². The number of nitrogens with zero attached hydrogens (tertiary/aromatic N) is 2. The third-order valence-corrected chi connectivity index (χ3v) is 9.57. The molecule has 58 heavy (non-hydrogen) atoms. The molecule has 308 valence electrons. The van der Waals surface area contributed by atoms with E-state index >= 15 is 0 Å². The Labute approximate surface area is 329 Å². The Morgan fingerprint density at radius 3 is 1.21 bits per heavy atom. The Morgan fingerprint density at radius 1 is 0.517 bits per heavy atom. The Morgan fingerprint density at radius 2 is 0.845 bits per heavy atom. The topological polar surface area (TPSA) is 254 Å². The fourth-order valence-corrected chi connectivity index (χ4v) is 7.47. The quantitative estimate of drug-likeness (QED) is 0.179. The number of ether oxygens (including phenoxy) is 8. The molecule has 0 bridgehead atoms. The van der Waals surface area contributed by atoms with Gasteiger partial charge in [0.15, 0.2) is 30.7 Å². The number of fused-ring (bicyclic) bond motifs is 2. The van der Waals surface area contributed by atoms with E-state index in [9.17, 15) is 48.3 Å². The van der Waals surface area contributed by atoms with Crippen LogP contribution >= 0.6 is 0 Å². The summed E-state index contributed by atoms with van der Waals surface area (Å²) in [5, 5.41) is 10.4. The van der Waals surface area contributed by atoms with E-state index in [-0.39, 0.29) is 22.3 Å². The zero-order chi connectivity index (χ0) is 42.2. The lowest BCUT2D eigenvalue weighted by Crippen LogP contribution is -2.69. The number of carbonyl (C=O) groups excluding carboxylic acids is 9. The van der Waals surface area contributed by atoms with Crippen LogP contribution in [0.1, 0.15) is 76.1 Å². The van der Waals surface area contributed by atoms with Gasteiger partial charge in [-0.2, -0.15) is 0 Å². The van der Waals surface area contributed by atoms with E-state index in [2.05, 4.69) is 0 Å². The molecule has 6 rings (SSSR count). The lowest BCUT2D eigenvalue weighted by Gasteiger charge is -2.48. The molecule has 1 N–H and O–H groups in total. The van der Waals surface area contributed by atoms with Crippen molar-refractivity contribution >= 4 is 53.5 Å². The van der Waals surface area contributed by atoms with Gasteiger partial charge in [-0.15, -0.1) is 0 Å². The molecule has 4 amide bonds. The van der Waals surface area contributed by atoms with Crippen LogP contribution in [0.4, 0.5) is 0 Å². The summed E-state index contributed by atoms with van der Waals surface area (Å²) in [5.74, 6) is -8.22. The average Bonchev–Trinajstić information content (AvgIpc) is 3.55. The normalized spacial score (nSPS) is 29.0. The predicted octanol–water partition coefficient (Wildman–Crippen LogP) is 0.0646. The summed E-state index contributed by atoms with van der Waals surface area (Å²) in [6.07, 6.45) is -13.7. The van der Waals surface area contributed by atoms with Crippen LogP contribution in [0.15, 0.2) is 48.5 Å². The van der Waals surface area contributed by atoms with Gasteiger partial charge in [0, 0.05) is 34.6 Å². The molecule has 0 unspecified atom stereocenters. The molecule has 4 heterocycles. The first-order chi connectivity index (χ1) is 27.5. The molecule has 0 aliphatic carbocycles. The van der Waals surface area contributed by atoms with E-state index in [1.165, 1.54) is 48.5 Å².